The summed E-state index contributed by atoms with van der Waals surface area (Å²) in [6.07, 6.45) is 0.240. The number of benzene rings is 1. The smallest absolute Gasteiger partial charge is 0.141 e. The Hall–Kier alpha value is -0.910. The minimum Gasteiger partial charge on any atom is -0.495 e. The van der Waals surface area contributed by atoms with Gasteiger partial charge in [0, 0.05) is 10.6 Å². The first kappa shape index (κ1) is 10.2. The van der Waals surface area contributed by atoms with Crippen LogP contribution in [0, 0.1) is 11.3 Å². The van der Waals surface area contributed by atoms with Crippen LogP contribution >= 0.6 is 23.2 Å². The second-order valence-corrected chi connectivity index (χ2v) is 3.26. The molecule has 0 aliphatic rings. The predicted octanol–water partition coefficient (Wildman–Crippen LogP) is 3.07. The van der Waals surface area contributed by atoms with Crippen molar-refractivity contribution >= 4 is 23.2 Å². The molecule has 1 rings (SSSR count). The average Bonchev–Trinajstić information content (AvgIpc) is 2.04. The molecule has 68 valence electrons. The van der Waals surface area contributed by atoms with Crippen molar-refractivity contribution < 1.29 is 4.74 Å². The number of methoxy groups -OCH3 is 1. The van der Waals surface area contributed by atoms with Gasteiger partial charge in [-0.2, -0.15) is 5.26 Å². The highest BCUT2D eigenvalue weighted by Crippen LogP contribution is 2.32. The van der Waals surface area contributed by atoms with E-state index in [9.17, 15) is 0 Å². The number of hydrogen-bond donors (Lipinski definition) is 0. The number of hydrogen-bond acceptors (Lipinski definition) is 2. The molecule has 2 nitrogen and oxygen atoms in total. The first-order valence-electron chi connectivity index (χ1n) is 3.58. The molecule has 0 saturated carbocycles. The van der Waals surface area contributed by atoms with Crippen LogP contribution in [0.1, 0.15) is 5.56 Å². The lowest BCUT2D eigenvalue weighted by Gasteiger charge is -2.07. The van der Waals surface area contributed by atoms with Crippen LogP contribution < -0.4 is 4.74 Å². The molecule has 0 atom stereocenters. The molecular formula is C9H7Cl2NO. The van der Waals surface area contributed by atoms with Gasteiger partial charge in [-0.05, 0) is 12.1 Å². The van der Waals surface area contributed by atoms with E-state index in [-0.39, 0.29) is 6.42 Å². The Morgan fingerprint density at radius 2 is 2.15 bits per heavy atom. The van der Waals surface area contributed by atoms with Gasteiger partial charge in [0.05, 0.1) is 24.6 Å². The molecule has 0 aliphatic carbocycles. The van der Waals surface area contributed by atoms with Crippen molar-refractivity contribution in [3.8, 4) is 11.8 Å². The summed E-state index contributed by atoms with van der Waals surface area (Å²) >= 11 is 11.6. The Morgan fingerprint density at radius 3 is 2.69 bits per heavy atom. The van der Waals surface area contributed by atoms with Gasteiger partial charge in [0.15, 0.2) is 0 Å². The lowest BCUT2D eigenvalue weighted by Crippen LogP contribution is -1.92. The van der Waals surface area contributed by atoms with Crippen LogP contribution in [0.5, 0.6) is 5.75 Å². The summed E-state index contributed by atoms with van der Waals surface area (Å²) in [7, 11) is 1.51. The van der Waals surface area contributed by atoms with Crippen molar-refractivity contribution in [1.82, 2.24) is 0 Å². The maximum atomic E-state index is 8.53. The molecule has 0 radical (unpaired) electrons. The Morgan fingerprint density at radius 1 is 1.46 bits per heavy atom. The first-order chi connectivity index (χ1) is 6.19. The Bertz CT molecular complexity index is 357. The predicted molar refractivity (Wildman–Crippen MR) is 52.3 cm³/mol. The van der Waals surface area contributed by atoms with Gasteiger partial charge >= 0.3 is 0 Å². The summed E-state index contributed by atoms with van der Waals surface area (Å²) in [4.78, 5) is 0. The molecule has 0 N–H and O–H groups in total. The van der Waals surface area contributed by atoms with Crippen LogP contribution in [0.15, 0.2) is 12.1 Å². The Balaban J connectivity index is 3.23. The second kappa shape index (κ2) is 4.36. The van der Waals surface area contributed by atoms with E-state index in [4.69, 9.17) is 33.2 Å². The van der Waals surface area contributed by atoms with Gasteiger partial charge in [-0.1, -0.05) is 23.2 Å². The Kier molecular flexibility index (Phi) is 3.41. The molecule has 0 aromatic heterocycles. The zero-order valence-electron chi connectivity index (χ0n) is 6.97. The molecule has 1 aromatic carbocycles. The van der Waals surface area contributed by atoms with Crippen molar-refractivity contribution in [3.63, 3.8) is 0 Å². The van der Waals surface area contributed by atoms with Gasteiger partial charge in [0.25, 0.3) is 0 Å². The lowest BCUT2D eigenvalue weighted by molar-refractivity contribution is 0.411. The highest BCUT2D eigenvalue weighted by Gasteiger charge is 2.08. The zero-order chi connectivity index (χ0) is 9.84. The third-order valence-electron chi connectivity index (χ3n) is 1.56. The van der Waals surface area contributed by atoms with E-state index in [1.807, 2.05) is 6.07 Å². The fourth-order valence-corrected chi connectivity index (χ4v) is 1.67. The molecule has 0 amide bonds. The van der Waals surface area contributed by atoms with E-state index in [2.05, 4.69) is 0 Å². The molecule has 4 heteroatoms. The van der Waals surface area contributed by atoms with Crippen molar-refractivity contribution in [1.29, 1.82) is 5.26 Å². The van der Waals surface area contributed by atoms with E-state index in [0.717, 1.165) is 0 Å². The number of nitrogens with zero attached hydrogens (tertiary/aromatic N) is 1. The van der Waals surface area contributed by atoms with Gasteiger partial charge in [-0.15, -0.1) is 0 Å². The fraction of sp³-hybridized carbons (Fsp3) is 0.222. The quantitative estimate of drug-likeness (QED) is 0.760. The summed E-state index contributed by atoms with van der Waals surface area (Å²) in [5.41, 5.74) is 0.711. The first-order valence-corrected chi connectivity index (χ1v) is 4.33. The number of halogens is 2. The summed E-state index contributed by atoms with van der Waals surface area (Å²) in [5.74, 6) is 0.521. The largest absolute Gasteiger partial charge is 0.495 e. The number of nitriles is 1. The monoisotopic (exact) mass is 215 g/mol. The summed E-state index contributed by atoms with van der Waals surface area (Å²) < 4.78 is 5.04. The van der Waals surface area contributed by atoms with Gasteiger partial charge in [-0.25, -0.2) is 0 Å². The zero-order valence-corrected chi connectivity index (χ0v) is 8.49. The van der Waals surface area contributed by atoms with E-state index in [1.165, 1.54) is 7.11 Å². The highest BCUT2D eigenvalue weighted by molar-refractivity contribution is 6.35. The van der Waals surface area contributed by atoms with Crippen LogP contribution in [0.2, 0.25) is 10.0 Å². The van der Waals surface area contributed by atoms with Crippen molar-refractivity contribution in [3.05, 3.63) is 27.7 Å². The highest BCUT2D eigenvalue weighted by atomic mass is 35.5. The van der Waals surface area contributed by atoms with Crippen LogP contribution in [0.25, 0.3) is 0 Å². The van der Waals surface area contributed by atoms with E-state index in [1.54, 1.807) is 12.1 Å². The maximum Gasteiger partial charge on any atom is 0.141 e. The molecule has 0 bridgehead atoms. The Labute approximate surface area is 86.6 Å². The van der Waals surface area contributed by atoms with Crippen molar-refractivity contribution in [2.45, 2.75) is 6.42 Å². The van der Waals surface area contributed by atoms with Gasteiger partial charge in [0.2, 0.25) is 0 Å². The summed E-state index contributed by atoms with van der Waals surface area (Å²) in [6, 6.07) is 5.28. The summed E-state index contributed by atoms with van der Waals surface area (Å²) in [5, 5.41) is 9.47. The molecule has 13 heavy (non-hydrogen) atoms. The SMILES string of the molecule is COc1c(Cl)cc(Cl)cc1CC#N. The molecular weight excluding hydrogens is 209 g/mol. The fourth-order valence-electron chi connectivity index (χ4n) is 1.06. The number of ether oxygens (including phenoxy) is 1. The molecule has 0 spiro atoms. The van der Waals surface area contributed by atoms with Gasteiger partial charge < -0.3 is 4.74 Å². The summed E-state index contributed by atoms with van der Waals surface area (Å²) in [6.45, 7) is 0. The van der Waals surface area contributed by atoms with E-state index >= 15 is 0 Å². The minimum absolute atomic E-state index is 0.240. The standard InChI is InChI=1S/C9H7Cl2NO/c1-13-9-6(2-3-12)4-7(10)5-8(9)11/h4-5H,2H2,1H3. The third kappa shape index (κ3) is 2.27. The minimum atomic E-state index is 0.240. The second-order valence-electron chi connectivity index (χ2n) is 2.41. The number of rotatable bonds is 2. The van der Waals surface area contributed by atoms with Crippen LogP contribution in [-0.2, 0) is 6.42 Å². The van der Waals surface area contributed by atoms with Crippen LogP contribution in [-0.4, -0.2) is 7.11 Å². The molecule has 0 aliphatic heterocycles. The van der Waals surface area contributed by atoms with Crippen LogP contribution in [0.4, 0.5) is 0 Å². The maximum absolute atomic E-state index is 8.53. The van der Waals surface area contributed by atoms with Crippen molar-refractivity contribution in [2.24, 2.45) is 0 Å². The third-order valence-corrected chi connectivity index (χ3v) is 2.06. The average molecular weight is 216 g/mol. The lowest BCUT2D eigenvalue weighted by atomic mass is 10.1. The van der Waals surface area contributed by atoms with E-state index < -0.39 is 0 Å². The van der Waals surface area contributed by atoms with Gasteiger partial charge in [0.1, 0.15) is 5.75 Å². The topological polar surface area (TPSA) is 33.0 Å². The molecule has 0 heterocycles. The normalized spacial score (nSPS) is 9.38. The molecule has 0 unspecified atom stereocenters. The van der Waals surface area contributed by atoms with E-state index in [0.29, 0.717) is 21.4 Å². The molecule has 1 aromatic rings. The molecule has 0 saturated heterocycles. The van der Waals surface area contributed by atoms with Crippen molar-refractivity contribution in [2.75, 3.05) is 7.11 Å². The van der Waals surface area contributed by atoms with Gasteiger partial charge in [-0.3, -0.25) is 0 Å². The van der Waals surface area contributed by atoms with Crippen LogP contribution in [0.3, 0.4) is 0 Å². The molecule has 0 fully saturated rings.